The Bertz CT molecular complexity index is 1170. The summed E-state index contributed by atoms with van der Waals surface area (Å²) < 4.78 is 48.2. The van der Waals surface area contributed by atoms with E-state index >= 15 is 0 Å². The van der Waals surface area contributed by atoms with E-state index in [9.17, 15) is 13.6 Å². The lowest BCUT2D eigenvalue weighted by molar-refractivity contribution is 0.0956. The number of rotatable bonds is 5. The zero-order valence-electron chi connectivity index (χ0n) is 16.6. The van der Waals surface area contributed by atoms with Crippen LogP contribution < -0.4 is 20.1 Å². The molecule has 9 nitrogen and oxygen atoms in total. The van der Waals surface area contributed by atoms with Crippen LogP contribution in [0.3, 0.4) is 0 Å². The maximum atomic E-state index is 14.4. The molecule has 162 valence electrons. The Morgan fingerprint density at radius 3 is 2.81 bits per heavy atom. The Kier molecular flexibility index (Phi) is 4.81. The van der Waals surface area contributed by atoms with Gasteiger partial charge in [-0.15, -0.1) is 0 Å². The van der Waals surface area contributed by atoms with E-state index in [0.717, 1.165) is 12.1 Å². The molecule has 31 heavy (non-hydrogen) atoms. The van der Waals surface area contributed by atoms with Gasteiger partial charge >= 0.3 is 5.69 Å². The molecule has 4 heterocycles. The summed E-state index contributed by atoms with van der Waals surface area (Å²) in [5.41, 5.74) is -0.195. The van der Waals surface area contributed by atoms with Crippen molar-refractivity contribution >= 4 is 5.82 Å². The Hall–Kier alpha value is -3.47. The van der Waals surface area contributed by atoms with E-state index in [1.165, 1.54) is 17.1 Å². The first-order valence-electron chi connectivity index (χ1n) is 9.71. The quantitative estimate of drug-likeness (QED) is 0.610. The lowest BCUT2D eigenvalue weighted by Crippen LogP contribution is -2.43. The molecule has 2 aliphatic heterocycles. The van der Waals surface area contributed by atoms with Crippen molar-refractivity contribution in [3.05, 3.63) is 58.3 Å². The van der Waals surface area contributed by atoms with Gasteiger partial charge in [0.25, 0.3) is 0 Å². The number of halogens is 2. The minimum Gasteiger partial charge on any atom is -0.473 e. The Morgan fingerprint density at radius 1 is 1.26 bits per heavy atom. The Labute approximate surface area is 175 Å². The lowest BCUT2D eigenvalue weighted by atomic mass is 10.2. The van der Waals surface area contributed by atoms with Gasteiger partial charge in [-0.25, -0.2) is 13.6 Å². The fourth-order valence-corrected chi connectivity index (χ4v) is 3.80. The average molecular weight is 431 g/mol. The zero-order chi connectivity index (χ0) is 21.5. The number of fused-ring (bicyclic) bond motifs is 3. The molecule has 1 fully saturated rings. The van der Waals surface area contributed by atoms with Crippen LogP contribution in [-0.2, 0) is 24.9 Å². The molecule has 2 aliphatic rings. The van der Waals surface area contributed by atoms with Crippen LogP contribution in [0.5, 0.6) is 17.4 Å². The SMILES string of the molecule is Cn1cc(Oc2c(F)cc(COc3cc4n(c(=O)n3)C[C@@H]3COCCN43)cc2F)cn1. The van der Waals surface area contributed by atoms with Gasteiger partial charge in [-0.2, -0.15) is 10.1 Å². The topological polar surface area (TPSA) is 83.6 Å². The maximum Gasteiger partial charge on any atom is 0.352 e. The largest absolute Gasteiger partial charge is 0.473 e. The van der Waals surface area contributed by atoms with Gasteiger partial charge < -0.3 is 19.1 Å². The van der Waals surface area contributed by atoms with E-state index < -0.39 is 23.1 Å². The highest BCUT2D eigenvalue weighted by molar-refractivity contribution is 5.47. The van der Waals surface area contributed by atoms with Crippen LogP contribution in [-0.4, -0.2) is 45.1 Å². The van der Waals surface area contributed by atoms with Gasteiger partial charge in [-0.05, 0) is 17.7 Å². The maximum absolute atomic E-state index is 14.4. The van der Waals surface area contributed by atoms with Crippen molar-refractivity contribution in [1.29, 1.82) is 0 Å². The third kappa shape index (κ3) is 3.72. The highest BCUT2D eigenvalue weighted by Crippen LogP contribution is 2.30. The zero-order valence-corrected chi connectivity index (χ0v) is 16.6. The van der Waals surface area contributed by atoms with Crippen LogP contribution in [0.15, 0.2) is 35.4 Å². The second kappa shape index (κ2) is 7.65. The molecule has 3 aromatic rings. The van der Waals surface area contributed by atoms with Crippen molar-refractivity contribution < 1.29 is 23.0 Å². The van der Waals surface area contributed by atoms with Crippen LogP contribution in [0.2, 0.25) is 0 Å². The second-order valence-corrected chi connectivity index (χ2v) is 7.40. The summed E-state index contributed by atoms with van der Waals surface area (Å²) in [6.07, 6.45) is 2.85. The number of aryl methyl sites for hydroxylation is 1. The normalized spacial score (nSPS) is 17.4. The minimum atomic E-state index is -0.874. The number of hydrogen-bond acceptors (Lipinski definition) is 7. The first kappa shape index (κ1) is 19.5. The van der Waals surface area contributed by atoms with Crippen LogP contribution >= 0.6 is 0 Å². The predicted molar refractivity (Wildman–Crippen MR) is 104 cm³/mol. The summed E-state index contributed by atoms with van der Waals surface area (Å²) in [5.74, 6) is -1.25. The van der Waals surface area contributed by atoms with Gasteiger partial charge in [-0.1, -0.05) is 0 Å². The van der Waals surface area contributed by atoms with E-state index in [2.05, 4.69) is 15.0 Å². The van der Waals surface area contributed by atoms with E-state index in [0.29, 0.717) is 32.1 Å². The number of morpholine rings is 1. The molecule has 0 spiro atoms. The molecule has 0 saturated carbocycles. The van der Waals surface area contributed by atoms with Gasteiger partial charge in [-0.3, -0.25) is 9.25 Å². The number of nitrogens with zero attached hydrogens (tertiary/aromatic N) is 5. The molecule has 0 bridgehead atoms. The highest BCUT2D eigenvalue weighted by Gasteiger charge is 2.33. The molecule has 5 rings (SSSR count). The smallest absolute Gasteiger partial charge is 0.352 e. The van der Waals surface area contributed by atoms with E-state index in [1.807, 2.05) is 0 Å². The van der Waals surface area contributed by atoms with Crippen molar-refractivity contribution in [3.8, 4) is 17.4 Å². The standard InChI is InChI=1S/C20H19F2N5O4/c1-25-9-14(7-23-25)31-19-15(21)4-12(5-16(19)22)10-30-17-6-18-26-2-3-29-11-13(26)8-27(18)20(28)24-17/h4-7,9,13H,2-3,8,10-11H2,1H3/t13-/m1/s1. The fourth-order valence-electron chi connectivity index (χ4n) is 3.80. The third-order valence-corrected chi connectivity index (χ3v) is 5.23. The molecule has 0 N–H and O–H groups in total. The van der Waals surface area contributed by atoms with Crippen LogP contribution in [0.1, 0.15) is 5.56 Å². The first-order chi connectivity index (χ1) is 15.0. The third-order valence-electron chi connectivity index (χ3n) is 5.23. The summed E-state index contributed by atoms with van der Waals surface area (Å²) >= 11 is 0. The lowest BCUT2D eigenvalue weighted by Gasteiger charge is -2.30. The fraction of sp³-hybridized carbons (Fsp3) is 0.350. The molecule has 0 aliphatic carbocycles. The molecule has 1 atom stereocenters. The number of anilines is 1. The number of ether oxygens (including phenoxy) is 3. The summed E-state index contributed by atoms with van der Waals surface area (Å²) in [5, 5.41) is 3.89. The molecular formula is C20H19F2N5O4. The number of benzene rings is 1. The first-order valence-corrected chi connectivity index (χ1v) is 9.71. The number of aromatic nitrogens is 4. The van der Waals surface area contributed by atoms with Gasteiger partial charge in [0, 0.05) is 19.7 Å². The molecular weight excluding hydrogens is 412 g/mol. The van der Waals surface area contributed by atoms with Gasteiger partial charge in [0.2, 0.25) is 5.88 Å². The summed E-state index contributed by atoms with van der Waals surface area (Å²) in [4.78, 5) is 18.4. The molecule has 0 amide bonds. The molecule has 0 radical (unpaired) electrons. The van der Waals surface area contributed by atoms with Crippen molar-refractivity contribution in [2.75, 3.05) is 24.7 Å². The monoisotopic (exact) mass is 431 g/mol. The predicted octanol–water partition coefficient (Wildman–Crippen LogP) is 1.85. The Balaban J connectivity index is 1.32. The van der Waals surface area contributed by atoms with Crippen molar-refractivity contribution in [1.82, 2.24) is 19.3 Å². The average Bonchev–Trinajstić information content (AvgIpc) is 3.33. The van der Waals surface area contributed by atoms with Gasteiger partial charge in [0.1, 0.15) is 12.4 Å². The van der Waals surface area contributed by atoms with Gasteiger partial charge in [0.15, 0.2) is 23.1 Å². The van der Waals surface area contributed by atoms with E-state index in [4.69, 9.17) is 14.2 Å². The molecule has 0 unspecified atom stereocenters. The minimum absolute atomic E-state index is 0.0917. The van der Waals surface area contributed by atoms with E-state index in [-0.39, 0.29) is 29.8 Å². The van der Waals surface area contributed by atoms with Crippen LogP contribution in [0.4, 0.5) is 14.6 Å². The molecule has 1 aromatic carbocycles. The highest BCUT2D eigenvalue weighted by atomic mass is 19.1. The van der Waals surface area contributed by atoms with Crippen molar-refractivity contribution in [3.63, 3.8) is 0 Å². The van der Waals surface area contributed by atoms with Crippen molar-refractivity contribution in [2.24, 2.45) is 7.05 Å². The molecule has 1 saturated heterocycles. The molecule has 2 aromatic heterocycles. The second-order valence-electron chi connectivity index (χ2n) is 7.40. The van der Waals surface area contributed by atoms with Crippen molar-refractivity contribution in [2.45, 2.75) is 19.2 Å². The molecule has 11 heteroatoms. The van der Waals surface area contributed by atoms with Gasteiger partial charge in [0.05, 0.1) is 38.2 Å². The van der Waals surface area contributed by atoms with Crippen LogP contribution in [0, 0.1) is 11.6 Å². The Morgan fingerprint density at radius 2 is 2.06 bits per heavy atom. The summed E-state index contributed by atoms with van der Waals surface area (Å²) in [7, 11) is 1.66. The summed E-state index contributed by atoms with van der Waals surface area (Å²) in [6, 6.07) is 3.99. The summed E-state index contributed by atoms with van der Waals surface area (Å²) in [6.45, 7) is 2.14. The van der Waals surface area contributed by atoms with Crippen LogP contribution in [0.25, 0.3) is 0 Å². The number of hydrogen-bond donors (Lipinski definition) is 0. The van der Waals surface area contributed by atoms with E-state index in [1.54, 1.807) is 17.7 Å².